The number of thiazole rings is 1. The molecule has 3 aromatic rings. The van der Waals surface area contributed by atoms with Crippen LogP contribution >= 0.6 is 11.3 Å². The summed E-state index contributed by atoms with van der Waals surface area (Å²) in [5, 5.41) is 1.09. The van der Waals surface area contributed by atoms with Gasteiger partial charge in [0.2, 0.25) is 0 Å². The Morgan fingerprint density at radius 3 is 2.46 bits per heavy atom. The number of hydrogen-bond donors (Lipinski definition) is 0. The van der Waals surface area contributed by atoms with E-state index in [-0.39, 0.29) is 5.41 Å². The van der Waals surface area contributed by atoms with Crippen molar-refractivity contribution in [3.8, 4) is 10.6 Å². The average molecular weight is 331 g/mol. The van der Waals surface area contributed by atoms with Gasteiger partial charge < -0.3 is 0 Å². The van der Waals surface area contributed by atoms with Crippen LogP contribution in [0.5, 0.6) is 0 Å². The molecule has 0 spiro atoms. The van der Waals surface area contributed by atoms with Gasteiger partial charge in [-0.15, -0.1) is 11.3 Å². The number of benzene rings is 2. The normalized spacial score (nSPS) is 19.7. The minimum absolute atomic E-state index is 0.0955. The summed E-state index contributed by atoms with van der Waals surface area (Å²) in [6, 6.07) is 14.8. The van der Waals surface area contributed by atoms with Gasteiger partial charge in [0, 0.05) is 16.5 Å². The third kappa shape index (κ3) is 2.51. The number of aromatic nitrogens is 1. The molecule has 2 aromatic carbocycles. The van der Waals surface area contributed by atoms with Gasteiger partial charge in [-0.1, -0.05) is 81.5 Å². The highest BCUT2D eigenvalue weighted by Gasteiger charge is 2.24. The number of hydrogen-bond acceptors (Lipinski definition) is 2. The number of rotatable bonds is 2. The van der Waals surface area contributed by atoms with Crippen molar-refractivity contribution < 1.29 is 0 Å². The fourth-order valence-corrected chi connectivity index (χ4v) is 4.13. The van der Waals surface area contributed by atoms with Crippen molar-refractivity contribution in [3.63, 3.8) is 0 Å². The molecule has 4 rings (SSSR count). The van der Waals surface area contributed by atoms with Gasteiger partial charge in [-0.05, 0) is 17.5 Å². The van der Waals surface area contributed by atoms with E-state index < -0.39 is 0 Å². The quantitative estimate of drug-likeness (QED) is 0.511. The van der Waals surface area contributed by atoms with E-state index in [9.17, 15) is 0 Å². The van der Waals surface area contributed by atoms with Crippen LogP contribution in [-0.4, -0.2) is 4.98 Å². The molecule has 0 N–H and O–H groups in total. The molecule has 1 nitrogen and oxygen atoms in total. The third-order valence-corrected chi connectivity index (χ3v) is 6.28. The van der Waals surface area contributed by atoms with E-state index in [4.69, 9.17) is 4.98 Å². The Kier molecular flexibility index (Phi) is 3.65. The highest BCUT2D eigenvalue weighted by Crippen LogP contribution is 2.39. The predicted molar refractivity (Wildman–Crippen MR) is 106 cm³/mol. The van der Waals surface area contributed by atoms with Crippen molar-refractivity contribution in [2.75, 3.05) is 0 Å². The molecule has 0 bridgehead atoms. The first kappa shape index (κ1) is 15.3. The van der Waals surface area contributed by atoms with Crippen LogP contribution in [0.2, 0.25) is 0 Å². The topological polar surface area (TPSA) is 12.9 Å². The van der Waals surface area contributed by atoms with Gasteiger partial charge in [0.05, 0.1) is 10.2 Å². The summed E-state index contributed by atoms with van der Waals surface area (Å²) in [4.78, 5) is 4.85. The Bertz CT molecular complexity index is 947. The van der Waals surface area contributed by atoms with Crippen LogP contribution in [0, 0.1) is 11.3 Å². The van der Waals surface area contributed by atoms with Crippen LogP contribution in [0.15, 0.2) is 54.6 Å². The van der Waals surface area contributed by atoms with Gasteiger partial charge in [-0.3, -0.25) is 0 Å². The molecule has 1 aliphatic carbocycles. The van der Waals surface area contributed by atoms with Gasteiger partial charge in [0.1, 0.15) is 5.01 Å². The molecule has 0 aliphatic heterocycles. The molecule has 24 heavy (non-hydrogen) atoms. The maximum atomic E-state index is 4.85. The van der Waals surface area contributed by atoms with Crippen molar-refractivity contribution in [2.24, 2.45) is 11.3 Å². The van der Waals surface area contributed by atoms with E-state index in [1.54, 1.807) is 11.3 Å². The Hall–Kier alpha value is -2.19. The van der Waals surface area contributed by atoms with Crippen LogP contribution in [0.25, 0.3) is 32.9 Å². The molecular formula is C22H21NS. The second-order valence-corrected chi connectivity index (χ2v) is 7.99. The lowest BCUT2D eigenvalue weighted by Gasteiger charge is -2.26. The smallest absolute Gasteiger partial charge is 0.124 e. The number of fused-ring (bicyclic) bond motifs is 3. The van der Waals surface area contributed by atoms with Crippen LogP contribution < -0.4 is 0 Å². The summed E-state index contributed by atoms with van der Waals surface area (Å²) >= 11 is 1.79. The van der Waals surface area contributed by atoms with Crippen LogP contribution in [-0.2, 0) is 0 Å². The fraction of sp³-hybridized carbons (Fsp3) is 0.227. The predicted octanol–water partition coefficient (Wildman–Crippen LogP) is 6.67. The standard InChI is InChI=1S/C22H21NS/c1-15(2)22(3)13-11-16-9-10-19-20(18(16)12-14-22)24-21(23-19)17-7-5-4-6-8-17/h4-15H,1-3H3. The van der Waals surface area contributed by atoms with E-state index in [2.05, 4.69) is 81.5 Å². The fourth-order valence-electron chi connectivity index (χ4n) is 3.02. The molecular weight excluding hydrogens is 310 g/mol. The maximum Gasteiger partial charge on any atom is 0.124 e. The summed E-state index contributed by atoms with van der Waals surface area (Å²) in [5.41, 5.74) is 4.95. The minimum Gasteiger partial charge on any atom is -0.236 e. The summed E-state index contributed by atoms with van der Waals surface area (Å²) in [6.07, 6.45) is 9.26. The second kappa shape index (κ2) is 5.71. The molecule has 1 atom stereocenters. The Morgan fingerprint density at radius 1 is 0.958 bits per heavy atom. The zero-order valence-corrected chi connectivity index (χ0v) is 15.1. The number of nitrogens with zero attached hydrogens (tertiary/aromatic N) is 1. The van der Waals surface area contributed by atoms with Crippen LogP contribution in [0.4, 0.5) is 0 Å². The van der Waals surface area contributed by atoms with Crippen molar-refractivity contribution in [2.45, 2.75) is 20.8 Å². The van der Waals surface area contributed by atoms with E-state index >= 15 is 0 Å². The van der Waals surface area contributed by atoms with Crippen molar-refractivity contribution >= 4 is 33.7 Å². The zero-order valence-electron chi connectivity index (χ0n) is 14.3. The van der Waals surface area contributed by atoms with E-state index in [1.807, 2.05) is 6.07 Å². The molecule has 120 valence electrons. The Labute approximate surface area is 147 Å². The Morgan fingerprint density at radius 2 is 1.71 bits per heavy atom. The largest absolute Gasteiger partial charge is 0.236 e. The summed E-state index contributed by atoms with van der Waals surface area (Å²) < 4.78 is 1.28. The molecule has 0 fully saturated rings. The minimum atomic E-state index is 0.0955. The first-order valence-electron chi connectivity index (χ1n) is 8.44. The lowest BCUT2D eigenvalue weighted by molar-refractivity contribution is 0.387. The highest BCUT2D eigenvalue weighted by molar-refractivity contribution is 7.22. The lowest BCUT2D eigenvalue weighted by atomic mass is 9.79. The van der Waals surface area contributed by atoms with Gasteiger partial charge in [0.25, 0.3) is 0 Å². The van der Waals surface area contributed by atoms with Crippen molar-refractivity contribution in [1.29, 1.82) is 0 Å². The summed E-state index contributed by atoms with van der Waals surface area (Å²) in [7, 11) is 0. The molecule has 1 heterocycles. The SMILES string of the molecule is CC(C)C1(C)C=Cc2ccc3nc(-c4ccccc4)sc3c2C=C1. The summed E-state index contributed by atoms with van der Waals surface area (Å²) in [6.45, 7) is 6.86. The lowest BCUT2D eigenvalue weighted by Crippen LogP contribution is -2.16. The van der Waals surface area contributed by atoms with Gasteiger partial charge in [0.15, 0.2) is 0 Å². The molecule has 1 unspecified atom stereocenters. The molecule has 1 aromatic heterocycles. The van der Waals surface area contributed by atoms with Crippen LogP contribution in [0.3, 0.4) is 0 Å². The van der Waals surface area contributed by atoms with Gasteiger partial charge in [-0.25, -0.2) is 4.98 Å². The molecule has 0 saturated carbocycles. The molecule has 0 radical (unpaired) electrons. The average Bonchev–Trinajstić information content (AvgIpc) is 2.95. The first-order valence-corrected chi connectivity index (χ1v) is 9.26. The van der Waals surface area contributed by atoms with E-state index in [1.165, 1.54) is 21.4 Å². The third-order valence-electron chi connectivity index (χ3n) is 5.13. The first-order chi connectivity index (χ1) is 11.6. The van der Waals surface area contributed by atoms with Gasteiger partial charge >= 0.3 is 0 Å². The van der Waals surface area contributed by atoms with E-state index in [0.717, 1.165) is 10.5 Å². The molecule has 1 aliphatic rings. The van der Waals surface area contributed by atoms with Gasteiger partial charge in [-0.2, -0.15) is 0 Å². The zero-order chi connectivity index (χ0) is 16.7. The monoisotopic (exact) mass is 331 g/mol. The van der Waals surface area contributed by atoms with E-state index in [0.29, 0.717) is 5.92 Å². The van der Waals surface area contributed by atoms with Crippen LogP contribution in [0.1, 0.15) is 31.9 Å². The highest BCUT2D eigenvalue weighted by atomic mass is 32.1. The Balaban J connectivity index is 1.88. The molecule has 2 heteroatoms. The second-order valence-electron chi connectivity index (χ2n) is 6.99. The van der Waals surface area contributed by atoms with Crippen molar-refractivity contribution in [3.05, 3.63) is 65.7 Å². The van der Waals surface area contributed by atoms with Crippen molar-refractivity contribution in [1.82, 2.24) is 4.98 Å². The molecule has 0 saturated heterocycles. The maximum absolute atomic E-state index is 4.85. The summed E-state index contributed by atoms with van der Waals surface area (Å²) in [5.74, 6) is 0.566. The number of allylic oxidation sites excluding steroid dienone is 2. The molecule has 0 amide bonds.